The zero-order chi connectivity index (χ0) is 25.4. The predicted molar refractivity (Wildman–Crippen MR) is 137 cm³/mol. The van der Waals surface area contributed by atoms with E-state index in [9.17, 15) is 4.79 Å². The lowest BCUT2D eigenvalue weighted by Gasteiger charge is -2.36. The molecule has 0 unspecified atom stereocenters. The van der Waals surface area contributed by atoms with Crippen LogP contribution >= 0.6 is 0 Å². The molecule has 2 fully saturated rings. The molecule has 2 aliphatic carbocycles. The maximum Gasteiger partial charge on any atom is 0.228 e. The summed E-state index contributed by atoms with van der Waals surface area (Å²) in [5.74, 6) is 2.79. The quantitative estimate of drug-likeness (QED) is 0.523. The van der Waals surface area contributed by atoms with Crippen molar-refractivity contribution >= 4 is 17.5 Å². The van der Waals surface area contributed by atoms with Crippen molar-refractivity contribution in [1.29, 1.82) is 0 Å². The van der Waals surface area contributed by atoms with E-state index in [1.807, 2.05) is 0 Å². The van der Waals surface area contributed by atoms with E-state index in [1.165, 1.54) is 0 Å². The summed E-state index contributed by atoms with van der Waals surface area (Å²) < 4.78 is 12.3. The monoisotopic (exact) mass is 503 g/mol. The van der Waals surface area contributed by atoms with Crippen molar-refractivity contribution in [3.63, 3.8) is 0 Å². The number of hydrogen-bond acceptors (Lipinski definition) is 10. The summed E-state index contributed by atoms with van der Waals surface area (Å²) in [6.07, 6.45) is 11.5. The third kappa shape index (κ3) is 4.47. The highest BCUT2D eigenvalue weighted by molar-refractivity contribution is 5.91. The molecule has 1 spiro atoms. The van der Waals surface area contributed by atoms with Crippen molar-refractivity contribution in [1.82, 2.24) is 30.0 Å². The largest absolute Gasteiger partial charge is 0.473 e. The maximum absolute atomic E-state index is 13.1. The number of carbonyl (C=O) groups is 1. The summed E-state index contributed by atoms with van der Waals surface area (Å²) in [6.45, 7) is 3.15. The molecular formula is C27H33N7O3. The number of likely N-dealkylation sites (tertiary alicyclic amines) is 1. The van der Waals surface area contributed by atoms with E-state index in [2.05, 4.69) is 39.3 Å². The smallest absolute Gasteiger partial charge is 0.228 e. The zero-order valence-electron chi connectivity index (χ0n) is 21.4. The molecule has 4 heterocycles. The first kappa shape index (κ1) is 24.0. The molecule has 3 atom stereocenters. The number of carbonyl (C=O) groups excluding carboxylic acids is 1. The van der Waals surface area contributed by atoms with Crippen LogP contribution in [0, 0.1) is 0 Å². The van der Waals surface area contributed by atoms with E-state index in [4.69, 9.17) is 19.2 Å². The second-order valence-electron chi connectivity index (χ2n) is 10.5. The molecule has 1 aliphatic heterocycles. The van der Waals surface area contributed by atoms with Gasteiger partial charge in [-0.2, -0.15) is 4.98 Å². The molecule has 194 valence electrons. The number of likely N-dealkylation sites (N-methyl/N-ethyl adjacent to an activating group) is 1. The Labute approximate surface area is 216 Å². The lowest BCUT2D eigenvalue weighted by Crippen LogP contribution is -2.41. The minimum atomic E-state index is -0.550. The normalized spacial score (nSPS) is 24.7. The Bertz CT molecular complexity index is 1280. The Morgan fingerprint density at radius 2 is 1.97 bits per heavy atom. The van der Waals surface area contributed by atoms with Gasteiger partial charge in [0, 0.05) is 36.5 Å². The number of hydrogen-bond donors (Lipinski definition) is 1. The summed E-state index contributed by atoms with van der Waals surface area (Å²) >= 11 is 0. The minimum Gasteiger partial charge on any atom is -0.473 e. The van der Waals surface area contributed by atoms with Gasteiger partial charge in [0.2, 0.25) is 11.8 Å². The number of Topliss-reactive ketones (excluding diaryl/α,β-unsaturated/α-hetero) is 1. The fraction of sp³-hybridized carbons (Fsp3) is 0.556. The Balaban J connectivity index is 1.38. The highest BCUT2D eigenvalue weighted by Crippen LogP contribution is 2.47. The Morgan fingerprint density at radius 1 is 1.14 bits per heavy atom. The molecule has 3 aliphatic rings. The molecule has 3 aromatic rings. The van der Waals surface area contributed by atoms with Crippen LogP contribution in [0.15, 0.2) is 29.0 Å². The van der Waals surface area contributed by atoms with Gasteiger partial charge in [-0.25, -0.2) is 15.0 Å². The lowest BCUT2D eigenvalue weighted by molar-refractivity contribution is -0.128. The van der Waals surface area contributed by atoms with Gasteiger partial charge >= 0.3 is 0 Å². The number of ether oxygens (including phenoxy) is 1. The van der Waals surface area contributed by atoms with Crippen molar-refractivity contribution in [2.45, 2.75) is 82.3 Å². The molecule has 37 heavy (non-hydrogen) atoms. The average Bonchev–Trinajstić information content (AvgIpc) is 3.53. The van der Waals surface area contributed by atoms with E-state index in [0.29, 0.717) is 41.6 Å². The molecule has 3 aromatic heterocycles. The van der Waals surface area contributed by atoms with E-state index < -0.39 is 5.41 Å². The summed E-state index contributed by atoms with van der Waals surface area (Å²) in [5, 5.41) is 7.60. The van der Waals surface area contributed by atoms with E-state index in [-0.39, 0.29) is 11.9 Å². The van der Waals surface area contributed by atoms with Gasteiger partial charge in [-0.1, -0.05) is 11.6 Å². The Kier molecular flexibility index (Phi) is 6.36. The second-order valence-corrected chi connectivity index (χ2v) is 10.5. The van der Waals surface area contributed by atoms with Crippen molar-refractivity contribution in [2.24, 2.45) is 0 Å². The summed E-state index contributed by atoms with van der Waals surface area (Å²) in [6, 6.07) is 3.85. The van der Waals surface area contributed by atoms with E-state index >= 15 is 0 Å². The van der Waals surface area contributed by atoms with E-state index in [1.54, 1.807) is 24.5 Å². The van der Waals surface area contributed by atoms with Crippen LogP contribution in [0.1, 0.15) is 69.6 Å². The first-order chi connectivity index (χ1) is 18.0. The van der Waals surface area contributed by atoms with Gasteiger partial charge in [0.25, 0.3) is 0 Å². The molecule has 0 bridgehead atoms. The van der Waals surface area contributed by atoms with Gasteiger partial charge in [-0.15, -0.1) is 0 Å². The predicted octanol–water partition coefficient (Wildman–Crippen LogP) is 4.24. The van der Waals surface area contributed by atoms with Gasteiger partial charge in [0.15, 0.2) is 17.3 Å². The van der Waals surface area contributed by atoms with Gasteiger partial charge in [-0.3, -0.25) is 9.69 Å². The van der Waals surface area contributed by atoms with Crippen molar-refractivity contribution in [3.8, 4) is 17.4 Å². The molecule has 10 nitrogen and oxygen atoms in total. The maximum atomic E-state index is 13.1. The number of nitrogens with one attached hydrogen (secondary N) is 1. The van der Waals surface area contributed by atoms with E-state index in [0.717, 1.165) is 69.2 Å². The molecule has 1 saturated heterocycles. The first-order valence-electron chi connectivity index (χ1n) is 13.4. The van der Waals surface area contributed by atoms with Crippen LogP contribution in [0.3, 0.4) is 0 Å². The third-order valence-corrected chi connectivity index (χ3v) is 8.19. The highest BCUT2D eigenvalue weighted by Gasteiger charge is 2.48. The third-order valence-electron chi connectivity index (χ3n) is 8.19. The van der Waals surface area contributed by atoms with Crippen molar-refractivity contribution in [2.75, 3.05) is 18.9 Å². The molecule has 1 saturated carbocycles. The molecule has 0 radical (unpaired) electrons. The van der Waals surface area contributed by atoms with Crippen LogP contribution in [-0.2, 0) is 16.6 Å². The summed E-state index contributed by atoms with van der Waals surface area (Å²) in [4.78, 5) is 33.5. The standard InChI is InChI=1S/C27H33N7O3/c1-17(19-9-6-15-34(19)2)36-22-16-21(31-26-28-13-7-14-29-26)30-25(32-22)23-18-8-5-12-27(24(18)37-33-23)11-4-3-10-20(27)35/h7,13-14,16-17,19H,3-6,8-12,15H2,1-2H3,(H,28,29,30,31,32)/t17-,19-,27+/m0/s1. The minimum absolute atomic E-state index is 0.0505. The lowest BCUT2D eigenvalue weighted by atomic mass is 9.64. The number of anilines is 2. The SMILES string of the molecule is C[C@H](Oc1cc(Nc2ncccn2)nc(-c2noc3c2CCC[C@@]32CCCCC2=O)n1)[C@@H]1CCCN1C. The molecular weight excluding hydrogens is 470 g/mol. The summed E-state index contributed by atoms with van der Waals surface area (Å²) in [7, 11) is 2.13. The fourth-order valence-corrected chi connectivity index (χ4v) is 6.30. The number of fused-ring (bicyclic) bond motifs is 2. The van der Waals surface area contributed by atoms with Crippen LogP contribution < -0.4 is 10.1 Å². The van der Waals surface area contributed by atoms with Gasteiger partial charge < -0.3 is 14.6 Å². The second kappa shape index (κ2) is 9.81. The molecule has 6 rings (SSSR count). The van der Waals surface area contributed by atoms with Crippen molar-refractivity contribution in [3.05, 3.63) is 35.9 Å². The first-order valence-corrected chi connectivity index (χ1v) is 13.4. The number of nitrogens with zero attached hydrogens (tertiary/aromatic N) is 6. The molecule has 0 aromatic carbocycles. The van der Waals surface area contributed by atoms with Crippen LogP contribution in [0.2, 0.25) is 0 Å². The number of ketones is 1. The van der Waals surface area contributed by atoms with Gasteiger partial charge in [0.1, 0.15) is 17.7 Å². The average molecular weight is 504 g/mol. The van der Waals surface area contributed by atoms with Gasteiger partial charge in [-0.05, 0) is 71.5 Å². The van der Waals surface area contributed by atoms with Crippen molar-refractivity contribution < 1.29 is 14.1 Å². The Morgan fingerprint density at radius 3 is 2.76 bits per heavy atom. The zero-order valence-corrected chi connectivity index (χ0v) is 21.4. The Hall–Kier alpha value is -3.40. The molecule has 0 amide bonds. The summed E-state index contributed by atoms with van der Waals surface area (Å²) in [5.41, 5.74) is 0.982. The molecule has 1 N–H and O–H groups in total. The van der Waals surface area contributed by atoms with Crippen LogP contribution in [0.5, 0.6) is 5.88 Å². The number of aromatic nitrogens is 5. The van der Waals surface area contributed by atoms with Gasteiger partial charge in [0.05, 0.1) is 5.41 Å². The number of rotatable bonds is 6. The van der Waals surface area contributed by atoms with Crippen LogP contribution in [0.25, 0.3) is 11.5 Å². The topological polar surface area (TPSA) is 119 Å². The van der Waals surface area contributed by atoms with Crippen LogP contribution in [-0.4, -0.2) is 61.5 Å². The molecule has 10 heteroatoms. The highest BCUT2D eigenvalue weighted by atomic mass is 16.5. The fourth-order valence-electron chi connectivity index (χ4n) is 6.30. The van der Waals surface area contributed by atoms with Crippen LogP contribution in [0.4, 0.5) is 11.8 Å².